The minimum absolute atomic E-state index is 0.278. The third-order valence-electron chi connectivity index (χ3n) is 4.26. The van der Waals surface area contributed by atoms with Crippen LogP contribution in [0.15, 0.2) is 42.5 Å². The van der Waals surface area contributed by atoms with E-state index in [4.69, 9.17) is 5.73 Å². The molecule has 2 aromatic carbocycles. The molecule has 20 heavy (non-hydrogen) atoms. The fraction of sp³-hybridized carbons (Fsp3) is 0.474. The zero-order chi connectivity index (χ0) is 14.4. The molecule has 0 radical (unpaired) electrons. The van der Waals surface area contributed by atoms with Gasteiger partial charge in [0.2, 0.25) is 0 Å². The van der Waals surface area contributed by atoms with Gasteiger partial charge in [-0.3, -0.25) is 0 Å². The maximum absolute atomic E-state index is 6.51. The zero-order valence-electron chi connectivity index (χ0n) is 12.8. The number of hydrogen-bond donors (Lipinski definition) is 1. The molecular formula is C19H27N. The maximum Gasteiger partial charge on any atom is 0.0108 e. The van der Waals surface area contributed by atoms with Crippen LogP contribution in [0.25, 0.3) is 10.8 Å². The standard InChI is InChI=1S/C19H27N/c1-3-8-16(9-4-2)19(20)14-17-12-7-11-15-10-5-6-13-18(15)17/h5-7,10-13,16,19H,3-4,8-9,14,20H2,1-2H3. The lowest BCUT2D eigenvalue weighted by Gasteiger charge is -2.23. The van der Waals surface area contributed by atoms with Crippen LogP contribution < -0.4 is 5.73 Å². The van der Waals surface area contributed by atoms with Gasteiger partial charge in [0.25, 0.3) is 0 Å². The minimum Gasteiger partial charge on any atom is -0.327 e. The lowest BCUT2D eigenvalue weighted by atomic mass is 9.86. The van der Waals surface area contributed by atoms with E-state index in [0.717, 1.165) is 6.42 Å². The fourth-order valence-corrected chi connectivity index (χ4v) is 3.21. The van der Waals surface area contributed by atoms with E-state index in [-0.39, 0.29) is 6.04 Å². The minimum atomic E-state index is 0.278. The van der Waals surface area contributed by atoms with Gasteiger partial charge in [-0.1, -0.05) is 69.2 Å². The van der Waals surface area contributed by atoms with Gasteiger partial charge in [0.15, 0.2) is 0 Å². The van der Waals surface area contributed by atoms with Gasteiger partial charge in [0.05, 0.1) is 0 Å². The van der Waals surface area contributed by atoms with Crippen LogP contribution in [0.5, 0.6) is 0 Å². The van der Waals surface area contributed by atoms with Gasteiger partial charge < -0.3 is 5.73 Å². The molecule has 0 aromatic heterocycles. The van der Waals surface area contributed by atoms with E-state index in [1.165, 1.54) is 42.0 Å². The highest BCUT2D eigenvalue weighted by Gasteiger charge is 2.17. The summed E-state index contributed by atoms with van der Waals surface area (Å²) in [4.78, 5) is 0. The van der Waals surface area contributed by atoms with E-state index in [1.807, 2.05) is 0 Å². The van der Waals surface area contributed by atoms with Crippen molar-refractivity contribution in [2.24, 2.45) is 11.7 Å². The van der Waals surface area contributed by atoms with Crippen LogP contribution in [0.1, 0.15) is 45.1 Å². The number of rotatable bonds is 7. The van der Waals surface area contributed by atoms with Crippen LogP contribution in [0.2, 0.25) is 0 Å². The Morgan fingerprint density at radius 2 is 1.55 bits per heavy atom. The summed E-state index contributed by atoms with van der Waals surface area (Å²) in [5, 5.41) is 2.68. The molecule has 2 aromatic rings. The smallest absolute Gasteiger partial charge is 0.0108 e. The summed E-state index contributed by atoms with van der Waals surface area (Å²) in [7, 11) is 0. The van der Waals surface area contributed by atoms with Crippen molar-refractivity contribution in [3.63, 3.8) is 0 Å². The molecule has 1 nitrogen and oxygen atoms in total. The average Bonchev–Trinajstić information content (AvgIpc) is 2.47. The van der Waals surface area contributed by atoms with Crippen molar-refractivity contribution in [2.75, 3.05) is 0 Å². The van der Waals surface area contributed by atoms with Crippen LogP contribution in [-0.2, 0) is 6.42 Å². The van der Waals surface area contributed by atoms with Gasteiger partial charge in [0.1, 0.15) is 0 Å². The van der Waals surface area contributed by atoms with E-state index < -0.39 is 0 Å². The molecule has 0 spiro atoms. The number of hydrogen-bond acceptors (Lipinski definition) is 1. The number of benzene rings is 2. The molecule has 1 heteroatoms. The molecule has 0 saturated carbocycles. The summed E-state index contributed by atoms with van der Waals surface area (Å²) in [6.07, 6.45) is 5.95. The Labute approximate surface area is 123 Å². The third kappa shape index (κ3) is 3.61. The van der Waals surface area contributed by atoms with Gasteiger partial charge in [-0.15, -0.1) is 0 Å². The highest BCUT2D eigenvalue weighted by atomic mass is 14.6. The fourth-order valence-electron chi connectivity index (χ4n) is 3.21. The van der Waals surface area contributed by atoms with Crippen molar-refractivity contribution in [3.8, 4) is 0 Å². The topological polar surface area (TPSA) is 26.0 Å². The van der Waals surface area contributed by atoms with Crippen molar-refractivity contribution in [3.05, 3.63) is 48.0 Å². The first-order valence-electron chi connectivity index (χ1n) is 7.98. The van der Waals surface area contributed by atoms with Crippen LogP contribution in [0.4, 0.5) is 0 Å². The summed E-state index contributed by atoms with van der Waals surface area (Å²) < 4.78 is 0. The molecule has 0 aliphatic carbocycles. The molecule has 0 aliphatic heterocycles. The monoisotopic (exact) mass is 269 g/mol. The van der Waals surface area contributed by atoms with Crippen LogP contribution in [-0.4, -0.2) is 6.04 Å². The van der Waals surface area contributed by atoms with Crippen molar-refractivity contribution in [1.29, 1.82) is 0 Å². The highest BCUT2D eigenvalue weighted by molar-refractivity contribution is 5.85. The molecule has 1 unspecified atom stereocenters. The molecule has 0 fully saturated rings. The summed E-state index contributed by atoms with van der Waals surface area (Å²) in [5.74, 6) is 0.656. The first-order chi connectivity index (χ1) is 9.76. The molecule has 2 N–H and O–H groups in total. The van der Waals surface area contributed by atoms with Gasteiger partial charge in [0, 0.05) is 6.04 Å². The second-order valence-electron chi connectivity index (χ2n) is 5.84. The summed E-state index contributed by atoms with van der Waals surface area (Å²) >= 11 is 0. The van der Waals surface area contributed by atoms with Gasteiger partial charge in [-0.2, -0.15) is 0 Å². The molecular weight excluding hydrogens is 242 g/mol. The molecule has 0 aliphatic rings. The van der Waals surface area contributed by atoms with E-state index in [9.17, 15) is 0 Å². The third-order valence-corrected chi connectivity index (χ3v) is 4.26. The molecule has 2 rings (SSSR count). The quantitative estimate of drug-likeness (QED) is 0.758. The molecule has 0 bridgehead atoms. The van der Waals surface area contributed by atoms with Gasteiger partial charge in [-0.05, 0) is 41.5 Å². The zero-order valence-corrected chi connectivity index (χ0v) is 12.8. The van der Waals surface area contributed by atoms with Gasteiger partial charge >= 0.3 is 0 Å². The number of fused-ring (bicyclic) bond motifs is 1. The summed E-state index contributed by atoms with van der Waals surface area (Å²) in [5.41, 5.74) is 7.91. The Morgan fingerprint density at radius 3 is 2.25 bits per heavy atom. The molecule has 0 heterocycles. The van der Waals surface area contributed by atoms with Crippen molar-refractivity contribution in [2.45, 2.75) is 52.0 Å². The first-order valence-corrected chi connectivity index (χ1v) is 7.98. The van der Waals surface area contributed by atoms with Crippen LogP contribution in [0.3, 0.4) is 0 Å². The SMILES string of the molecule is CCCC(CCC)C(N)Cc1cccc2ccccc12. The molecule has 108 valence electrons. The molecule has 1 atom stereocenters. The summed E-state index contributed by atoms with van der Waals surface area (Å²) in [6, 6.07) is 15.5. The predicted molar refractivity (Wildman–Crippen MR) is 88.9 cm³/mol. The van der Waals surface area contributed by atoms with E-state index in [0.29, 0.717) is 5.92 Å². The predicted octanol–water partition coefficient (Wildman–Crippen LogP) is 4.93. The van der Waals surface area contributed by atoms with Crippen molar-refractivity contribution in [1.82, 2.24) is 0 Å². The molecule has 0 saturated heterocycles. The normalized spacial score (nSPS) is 13.0. The Hall–Kier alpha value is -1.34. The lowest BCUT2D eigenvalue weighted by molar-refractivity contribution is 0.360. The van der Waals surface area contributed by atoms with E-state index >= 15 is 0 Å². The Morgan fingerprint density at radius 1 is 0.900 bits per heavy atom. The Bertz CT molecular complexity index is 521. The Balaban J connectivity index is 2.18. The summed E-state index contributed by atoms with van der Waals surface area (Å²) in [6.45, 7) is 4.51. The second kappa shape index (κ2) is 7.44. The second-order valence-corrected chi connectivity index (χ2v) is 5.84. The lowest BCUT2D eigenvalue weighted by Crippen LogP contribution is -2.32. The van der Waals surface area contributed by atoms with E-state index in [2.05, 4.69) is 56.3 Å². The van der Waals surface area contributed by atoms with Crippen molar-refractivity contribution < 1.29 is 0 Å². The van der Waals surface area contributed by atoms with Crippen LogP contribution in [0, 0.1) is 5.92 Å². The largest absolute Gasteiger partial charge is 0.327 e. The van der Waals surface area contributed by atoms with Gasteiger partial charge in [-0.25, -0.2) is 0 Å². The van der Waals surface area contributed by atoms with Crippen LogP contribution >= 0.6 is 0 Å². The first kappa shape index (κ1) is 15.1. The molecule has 0 amide bonds. The maximum atomic E-state index is 6.51. The number of nitrogens with two attached hydrogens (primary N) is 1. The van der Waals surface area contributed by atoms with E-state index in [1.54, 1.807) is 0 Å². The Kier molecular flexibility index (Phi) is 5.60. The highest BCUT2D eigenvalue weighted by Crippen LogP contribution is 2.24. The van der Waals surface area contributed by atoms with Crippen molar-refractivity contribution >= 4 is 10.8 Å². The average molecular weight is 269 g/mol.